The van der Waals surface area contributed by atoms with Gasteiger partial charge in [0.1, 0.15) is 11.1 Å². The quantitative estimate of drug-likeness (QED) is 0.387. The highest BCUT2D eigenvalue weighted by atomic mass is 35.5. The van der Waals surface area contributed by atoms with E-state index in [0.29, 0.717) is 0 Å². The van der Waals surface area contributed by atoms with Gasteiger partial charge in [-0.25, -0.2) is 4.79 Å². The zero-order valence-electron chi connectivity index (χ0n) is 15.0. The van der Waals surface area contributed by atoms with E-state index in [1.165, 1.54) is 31.2 Å². The van der Waals surface area contributed by atoms with E-state index >= 15 is 0 Å². The van der Waals surface area contributed by atoms with Crippen molar-refractivity contribution < 1.29 is 24.0 Å². The molecule has 0 spiro atoms. The van der Waals surface area contributed by atoms with Gasteiger partial charge >= 0.3 is 5.97 Å². The van der Waals surface area contributed by atoms with E-state index in [0.717, 1.165) is 6.07 Å². The van der Waals surface area contributed by atoms with Crippen molar-refractivity contribution in [3.8, 4) is 0 Å². The van der Waals surface area contributed by atoms with Gasteiger partial charge in [0.15, 0.2) is 6.61 Å². The summed E-state index contributed by atoms with van der Waals surface area (Å²) in [5.74, 6) is -2.14. The lowest BCUT2D eigenvalue weighted by Crippen LogP contribution is -2.40. The molecule has 0 heterocycles. The van der Waals surface area contributed by atoms with Crippen LogP contribution in [0.5, 0.6) is 0 Å². The Hall–Kier alpha value is -3.17. The number of hydrogen-bond donors (Lipinski definition) is 2. The number of nitro groups is 1. The van der Waals surface area contributed by atoms with Crippen LogP contribution in [0.1, 0.15) is 17.3 Å². The van der Waals surface area contributed by atoms with Crippen molar-refractivity contribution in [3.05, 3.63) is 68.2 Å². The molecule has 2 rings (SSSR count). The van der Waals surface area contributed by atoms with Crippen LogP contribution in [0.2, 0.25) is 10.0 Å². The first kappa shape index (κ1) is 22.1. The minimum absolute atomic E-state index is 0.0810. The second-order valence-electron chi connectivity index (χ2n) is 5.75. The second-order valence-corrected chi connectivity index (χ2v) is 6.57. The number of nitro benzene ring substituents is 1. The molecule has 0 aliphatic heterocycles. The summed E-state index contributed by atoms with van der Waals surface area (Å²) in [7, 11) is 0. The van der Waals surface area contributed by atoms with Crippen molar-refractivity contribution in [1.29, 1.82) is 0 Å². The Morgan fingerprint density at radius 1 is 1.14 bits per heavy atom. The topological polar surface area (TPSA) is 128 Å². The number of amides is 2. The minimum Gasteiger partial charge on any atom is -0.454 e. The summed E-state index contributed by atoms with van der Waals surface area (Å²) in [6.07, 6.45) is 0. The van der Waals surface area contributed by atoms with Gasteiger partial charge in [0.05, 0.1) is 15.5 Å². The van der Waals surface area contributed by atoms with Crippen LogP contribution in [0, 0.1) is 10.1 Å². The molecule has 9 nitrogen and oxygen atoms in total. The van der Waals surface area contributed by atoms with Crippen LogP contribution in [0.4, 0.5) is 11.4 Å². The number of esters is 1. The summed E-state index contributed by atoms with van der Waals surface area (Å²) < 4.78 is 4.85. The summed E-state index contributed by atoms with van der Waals surface area (Å²) in [6, 6.07) is 8.96. The molecule has 0 aliphatic rings. The number of carbonyl (C=O) groups is 3. The highest BCUT2D eigenvalue weighted by molar-refractivity contribution is 6.34. The molecule has 0 bridgehead atoms. The summed E-state index contributed by atoms with van der Waals surface area (Å²) in [4.78, 5) is 46.2. The number of nitrogens with zero attached hydrogens (tertiary/aromatic N) is 1. The number of ether oxygens (including phenoxy) is 1. The molecular formula is C18H15Cl2N3O6. The monoisotopic (exact) mass is 439 g/mol. The predicted octanol–water partition coefficient (Wildman–Crippen LogP) is 3.20. The molecule has 29 heavy (non-hydrogen) atoms. The van der Waals surface area contributed by atoms with E-state index in [4.69, 9.17) is 27.9 Å². The van der Waals surface area contributed by atoms with Crippen molar-refractivity contribution in [3.63, 3.8) is 0 Å². The maximum absolute atomic E-state index is 12.1. The number of hydrogen-bond acceptors (Lipinski definition) is 6. The average molecular weight is 440 g/mol. The number of rotatable bonds is 7. The molecule has 0 radical (unpaired) electrons. The lowest BCUT2D eigenvalue weighted by Gasteiger charge is -2.14. The largest absolute Gasteiger partial charge is 0.454 e. The molecular weight excluding hydrogens is 425 g/mol. The highest BCUT2D eigenvalue weighted by Crippen LogP contribution is 2.27. The van der Waals surface area contributed by atoms with Crippen LogP contribution < -0.4 is 10.6 Å². The molecule has 0 aliphatic carbocycles. The van der Waals surface area contributed by atoms with Crippen LogP contribution in [-0.2, 0) is 14.3 Å². The van der Waals surface area contributed by atoms with Crippen LogP contribution in [0.25, 0.3) is 0 Å². The molecule has 0 unspecified atom stereocenters. The summed E-state index contributed by atoms with van der Waals surface area (Å²) in [6.45, 7) is 0.735. The van der Waals surface area contributed by atoms with E-state index < -0.39 is 35.4 Å². The van der Waals surface area contributed by atoms with Crippen LogP contribution in [0.3, 0.4) is 0 Å². The van der Waals surface area contributed by atoms with Crippen LogP contribution in [-0.4, -0.2) is 35.4 Å². The zero-order chi connectivity index (χ0) is 21.6. The fourth-order valence-electron chi connectivity index (χ4n) is 2.17. The molecule has 2 aromatic rings. The van der Waals surface area contributed by atoms with Gasteiger partial charge in [-0.05, 0) is 31.2 Å². The molecule has 2 aromatic carbocycles. The van der Waals surface area contributed by atoms with Gasteiger partial charge in [-0.1, -0.05) is 35.3 Å². The van der Waals surface area contributed by atoms with Gasteiger partial charge in [0.2, 0.25) is 0 Å². The molecule has 1 atom stereocenters. The number of nitrogens with one attached hydrogen (secondary N) is 2. The van der Waals surface area contributed by atoms with Gasteiger partial charge in [0, 0.05) is 11.8 Å². The summed E-state index contributed by atoms with van der Waals surface area (Å²) in [5, 5.41) is 15.8. The Balaban J connectivity index is 1.87. The lowest BCUT2D eigenvalue weighted by molar-refractivity contribution is -0.384. The maximum atomic E-state index is 12.1. The zero-order valence-corrected chi connectivity index (χ0v) is 16.5. The molecule has 11 heteroatoms. The minimum atomic E-state index is -1.04. The molecule has 0 saturated heterocycles. The highest BCUT2D eigenvalue weighted by Gasteiger charge is 2.20. The van der Waals surface area contributed by atoms with E-state index in [1.807, 2.05) is 0 Å². The Morgan fingerprint density at radius 3 is 2.48 bits per heavy atom. The smallest absolute Gasteiger partial charge is 0.328 e. The first-order valence-electron chi connectivity index (χ1n) is 8.15. The summed E-state index contributed by atoms with van der Waals surface area (Å²) >= 11 is 11.6. The third-order valence-corrected chi connectivity index (χ3v) is 4.24. The third-order valence-electron chi connectivity index (χ3n) is 3.59. The Bertz CT molecular complexity index is 966. The maximum Gasteiger partial charge on any atom is 0.328 e. The standard InChI is InChI=1S/C18H15Cl2N3O6/c1-10(21-17(25)12-4-2-3-5-13(12)19)18(26)29-9-16(24)22-11-6-7-14(20)15(8-11)23(27)28/h2-8,10H,9H2,1H3,(H,21,25)(H,22,24)/t10-/m0/s1. The van der Waals surface area contributed by atoms with Crippen molar-refractivity contribution in [1.82, 2.24) is 5.32 Å². The normalized spacial score (nSPS) is 11.3. The van der Waals surface area contributed by atoms with Crippen LogP contribution in [0.15, 0.2) is 42.5 Å². The van der Waals surface area contributed by atoms with Gasteiger partial charge in [0.25, 0.3) is 17.5 Å². The van der Waals surface area contributed by atoms with Gasteiger partial charge in [-0.3, -0.25) is 19.7 Å². The van der Waals surface area contributed by atoms with E-state index in [9.17, 15) is 24.5 Å². The van der Waals surface area contributed by atoms with Crippen molar-refractivity contribution in [2.45, 2.75) is 13.0 Å². The third kappa shape index (κ3) is 6.16. The number of halogens is 2. The van der Waals surface area contributed by atoms with Crippen LogP contribution >= 0.6 is 23.2 Å². The number of benzene rings is 2. The van der Waals surface area contributed by atoms with Crippen molar-refractivity contribution in [2.24, 2.45) is 0 Å². The molecule has 0 saturated carbocycles. The molecule has 0 fully saturated rings. The molecule has 152 valence electrons. The first-order valence-corrected chi connectivity index (χ1v) is 8.90. The number of carbonyl (C=O) groups excluding carboxylic acids is 3. The lowest BCUT2D eigenvalue weighted by atomic mass is 10.2. The SMILES string of the molecule is C[C@H](NC(=O)c1ccccc1Cl)C(=O)OCC(=O)Nc1ccc(Cl)c([N+](=O)[O-])c1. The average Bonchev–Trinajstić information content (AvgIpc) is 2.67. The van der Waals surface area contributed by atoms with Gasteiger partial charge in [-0.15, -0.1) is 0 Å². The summed E-state index contributed by atoms with van der Waals surface area (Å²) in [5.41, 5.74) is -0.0736. The van der Waals surface area contributed by atoms with Crippen molar-refractivity contribution in [2.75, 3.05) is 11.9 Å². The molecule has 0 aromatic heterocycles. The second kappa shape index (κ2) is 9.85. The molecule has 2 N–H and O–H groups in total. The number of anilines is 1. The van der Waals surface area contributed by atoms with Crippen molar-refractivity contribution >= 4 is 52.4 Å². The Kier molecular flexibility index (Phi) is 7.52. The first-order chi connectivity index (χ1) is 13.7. The Morgan fingerprint density at radius 2 is 1.83 bits per heavy atom. The van der Waals surface area contributed by atoms with E-state index in [2.05, 4.69) is 10.6 Å². The van der Waals surface area contributed by atoms with E-state index in [1.54, 1.807) is 12.1 Å². The molecule has 2 amide bonds. The van der Waals surface area contributed by atoms with Gasteiger partial charge < -0.3 is 15.4 Å². The van der Waals surface area contributed by atoms with E-state index in [-0.39, 0.29) is 27.0 Å². The Labute approximate surface area is 175 Å². The fourth-order valence-corrected chi connectivity index (χ4v) is 2.58. The predicted molar refractivity (Wildman–Crippen MR) is 106 cm³/mol. The van der Waals surface area contributed by atoms with Gasteiger partial charge in [-0.2, -0.15) is 0 Å². The fraction of sp³-hybridized carbons (Fsp3) is 0.167.